The van der Waals surface area contributed by atoms with Crippen LogP contribution in [0.3, 0.4) is 0 Å². The number of carbonyl (C=O) groups is 1. The summed E-state index contributed by atoms with van der Waals surface area (Å²) in [6.07, 6.45) is 20.8. The van der Waals surface area contributed by atoms with Crippen LogP contribution >= 0.6 is 0 Å². The molecule has 0 aliphatic carbocycles. The van der Waals surface area contributed by atoms with Gasteiger partial charge in [-0.3, -0.25) is 4.79 Å². The third kappa shape index (κ3) is 20.5. The molecule has 6 heteroatoms. The largest absolute Gasteiger partial charge is 0.464 e. The standard InChI is InChI=1S/C20H37NO5/c1-2-3-4-5-6-7-8-9-10-11-12-13-14-15-16-17-20(22)25-18-19-26-21(23)24/h9-10H,2-8,11-19H2,1H3/b10-9-. The van der Waals surface area contributed by atoms with Crippen LogP contribution in [0.15, 0.2) is 12.2 Å². The van der Waals surface area contributed by atoms with E-state index >= 15 is 0 Å². The lowest BCUT2D eigenvalue weighted by Crippen LogP contribution is -2.12. The van der Waals surface area contributed by atoms with Gasteiger partial charge in [0.2, 0.25) is 0 Å². The van der Waals surface area contributed by atoms with Crippen LogP contribution in [-0.2, 0) is 14.4 Å². The minimum Gasteiger partial charge on any atom is -0.464 e. The second kappa shape index (κ2) is 19.7. The Morgan fingerprint density at radius 2 is 1.38 bits per heavy atom. The van der Waals surface area contributed by atoms with Gasteiger partial charge in [-0.25, -0.2) is 0 Å². The number of allylic oxidation sites excluding steroid dienone is 2. The number of rotatable bonds is 19. The fourth-order valence-electron chi connectivity index (χ4n) is 2.68. The van der Waals surface area contributed by atoms with E-state index in [-0.39, 0.29) is 19.2 Å². The summed E-state index contributed by atoms with van der Waals surface area (Å²) in [4.78, 5) is 25.3. The zero-order valence-corrected chi connectivity index (χ0v) is 16.5. The molecule has 0 saturated carbocycles. The van der Waals surface area contributed by atoms with E-state index in [0.29, 0.717) is 6.42 Å². The molecule has 0 aliphatic heterocycles. The SMILES string of the molecule is CCCCCCCC/C=C\CCCCCCCC(=O)OCCO[N+](=O)[O-]. The van der Waals surface area contributed by atoms with Crippen molar-refractivity contribution >= 4 is 5.97 Å². The first-order valence-corrected chi connectivity index (χ1v) is 10.2. The van der Waals surface area contributed by atoms with Crippen molar-refractivity contribution in [2.24, 2.45) is 0 Å². The molecule has 0 atom stereocenters. The van der Waals surface area contributed by atoms with Crippen LogP contribution in [0.25, 0.3) is 0 Å². The molecule has 0 aromatic rings. The highest BCUT2D eigenvalue weighted by Crippen LogP contribution is 2.10. The maximum Gasteiger partial charge on any atom is 0.305 e. The second-order valence-electron chi connectivity index (χ2n) is 6.61. The van der Waals surface area contributed by atoms with E-state index in [0.717, 1.165) is 25.7 Å². The molecule has 0 unspecified atom stereocenters. The number of ether oxygens (including phenoxy) is 1. The van der Waals surface area contributed by atoms with Crippen molar-refractivity contribution in [3.05, 3.63) is 22.3 Å². The Balaban J connectivity index is 3.22. The van der Waals surface area contributed by atoms with Gasteiger partial charge in [0.05, 0.1) is 0 Å². The van der Waals surface area contributed by atoms with Crippen LogP contribution in [0, 0.1) is 10.1 Å². The lowest BCUT2D eigenvalue weighted by molar-refractivity contribution is -0.757. The summed E-state index contributed by atoms with van der Waals surface area (Å²) in [7, 11) is 0. The highest BCUT2D eigenvalue weighted by atomic mass is 17.0. The molecule has 0 bridgehead atoms. The summed E-state index contributed by atoms with van der Waals surface area (Å²) in [5.74, 6) is -0.311. The molecular formula is C20H37NO5. The van der Waals surface area contributed by atoms with Gasteiger partial charge in [0.15, 0.2) is 0 Å². The van der Waals surface area contributed by atoms with Gasteiger partial charge in [0.1, 0.15) is 13.2 Å². The summed E-state index contributed by atoms with van der Waals surface area (Å²) in [6, 6.07) is 0. The number of unbranched alkanes of at least 4 members (excludes halogenated alkanes) is 11. The molecule has 152 valence electrons. The first-order chi connectivity index (χ1) is 12.7. The molecule has 0 saturated heterocycles. The molecule has 0 aliphatic rings. The highest BCUT2D eigenvalue weighted by molar-refractivity contribution is 5.69. The van der Waals surface area contributed by atoms with Gasteiger partial charge >= 0.3 is 5.97 Å². The smallest absolute Gasteiger partial charge is 0.305 e. The van der Waals surface area contributed by atoms with Crippen molar-refractivity contribution in [2.75, 3.05) is 13.2 Å². The molecule has 0 radical (unpaired) electrons. The maximum absolute atomic E-state index is 11.4. The molecule has 0 aromatic heterocycles. The zero-order valence-electron chi connectivity index (χ0n) is 16.5. The van der Waals surface area contributed by atoms with Gasteiger partial charge < -0.3 is 9.57 Å². The molecule has 0 amide bonds. The minimum atomic E-state index is -0.891. The Kier molecular flexibility index (Phi) is 18.5. The topological polar surface area (TPSA) is 78.7 Å². The fourth-order valence-corrected chi connectivity index (χ4v) is 2.68. The van der Waals surface area contributed by atoms with Crippen LogP contribution in [0.1, 0.15) is 96.8 Å². The molecule has 0 rings (SSSR count). The van der Waals surface area contributed by atoms with Crippen molar-refractivity contribution in [2.45, 2.75) is 96.8 Å². The molecule has 6 nitrogen and oxygen atoms in total. The molecule has 26 heavy (non-hydrogen) atoms. The number of nitrogens with zero attached hydrogens (tertiary/aromatic N) is 1. The van der Waals surface area contributed by atoms with E-state index in [1.165, 1.54) is 57.8 Å². The average molecular weight is 372 g/mol. The van der Waals surface area contributed by atoms with Crippen LogP contribution < -0.4 is 0 Å². The zero-order chi connectivity index (χ0) is 19.3. The summed E-state index contributed by atoms with van der Waals surface area (Å²) in [6.45, 7) is 1.98. The third-order valence-electron chi connectivity index (χ3n) is 4.19. The number of hydrogen-bond donors (Lipinski definition) is 0. The van der Waals surface area contributed by atoms with Gasteiger partial charge in [-0.05, 0) is 32.1 Å². The van der Waals surface area contributed by atoms with Gasteiger partial charge in [0.25, 0.3) is 5.09 Å². The molecule has 0 N–H and O–H groups in total. The number of carbonyl (C=O) groups excluding carboxylic acids is 1. The first-order valence-electron chi connectivity index (χ1n) is 10.2. The fraction of sp³-hybridized carbons (Fsp3) is 0.850. The number of esters is 1. The van der Waals surface area contributed by atoms with Gasteiger partial charge in [-0.2, -0.15) is 0 Å². The summed E-state index contributed by atoms with van der Waals surface area (Å²) >= 11 is 0. The third-order valence-corrected chi connectivity index (χ3v) is 4.19. The van der Waals surface area contributed by atoms with Crippen molar-refractivity contribution < 1.29 is 19.5 Å². The minimum absolute atomic E-state index is 0.0646. The van der Waals surface area contributed by atoms with Crippen LogP contribution in [-0.4, -0.2) is 24.3 Å². The summed E-state index contributed by atoms with van der Waals surface area (Å²) in [5.41, 5.74) is 0. The van der Waals surface area contributed by atoms with E-state index in [1.807, 2.05) is 0 Å². The summed E-state index contributed by atoms with van der Waals surface area (Å²) < 4.78 is 4.83. The Labute approximate surface area is 158 Å². The lowest BCUT2D eigenvalue weighted by Gasteiger charge is -2.04. The predicted octanol–water partition coefficient (Wildman–Crippen LogP) is 5.78. The Morgan fingerprint density at radius 3 is 1.96 bits per heavy atom. The Hall–Kier alpha value is -1.59. The van der Waals surface area contributed by atoms with Crippen molar-refractivity contribution in [1.82, 2.24) is 0 Å². The van der Waals surface area contributed by atoms with E-state index < -0.39 is 5.09 Å². The first kappa shape index (κ1) is 24.4. The Bertz CT molecular complexity index is 371. The highest BCUT2D eigenvalue weighted by Gasteiger charge is 2.03. The normalized spacial score (nSPS) is 11.0. The van der Waals surface area contributed by atoms with E-state index in [4.69, 9.17) is 4.74 Å². The van der Waals surface area contributed by atoms with E-state index in [2.05, 4.69) is 23.9 Å². The van der Waals surface area contributed by atoms with E-state index in [9.17, 15) is 14.9 Å². The van der Waals surface area contributed by atoms with E-state index in [1.54, 1.807) is 0 Å². The molecular weight excluding hydrogens is 334 g/mol. The molecule has 0 heterocycles. The van der Waals surface area contributed by atoms with Gasteiger partial charge in [-0.1, -0.05) is 70.4 Å². The molecule has 0 spiro atoms. The second-order valence-corrected chi connectivity index (χ2v) is 6.61. The summed E-state index contributed by atoms with van der Waals surface area (Å²) in [5, 5.41) is 9.02. The van der Waals surface area contributed by atoms with Crippen molar-refractivity contribution in [3.63, 3.8) is 0 Å². The van der Waals surface area contributed by atoms with Crippen LogP contribution in [0.4, 0.5) is 0 Å². The predicted molar refractivity (Wildman–Crippen MR) is 103 cm³/mol. The van der Waals surface area contributed by atoms with Gasteiger partial charge in [-0.15, -0.1) is 10.1 Å². The van der Waals surface area contributed by atoms with Gasteiger partial charge in [0, 0.05) is 6.42 Å². The van der Waals surface area contributed by atoms with Crippen LogP contribution in [0.5, 0.6) is 0 Å². The molecule has 0 fully saturated rings. The Morgan fingerprint density at radius 1 is 0.846 bits per heavy atom. The quantitative estimate of drug-likeness (QED) is 0.0946. The average Bonchev–Trinajstić information content (AvgIpc) is 2.62. The lowest BCUT2D eigenvalue weighted by atomic mass is 10.1. The number of hydrogen-bond acceptors (Lipinski definition) is 5. The maximum atomic E-state index is 11.4. The van der Waals surface area contributed by atoms with Crippen LogP contribution in [0.2, 0.25) is 0 Å². The van der Waals surface area contributed by atoms with Crippen molar-refractivity contribution in [3.8, 4) is 0 Å². The molecule has 0 aromatic carbocycles. The van der Waals surface area contributed by atoms with Crippen molar-refractivity contribution in [1.29, 1.82) is 0 Å². The monoisotopic (exact) mass is 371 g/mol.